The molecule has 3 N–H and O–H groups in total. The maximum absolute atomic E-state index is 13.4. The van der Waals surface area contributed by atoms with Crippen LogP contribution < -0.4 is 21.1 Å². The third kappa shape index (κ3) is 4.98. The molecule has 1 saturated carbocycles. The van der Waals surface area contributed by atoms with Gasteiger partial charge >= 0.3 is 11.9 Å². The lowest BCUT2D eigenvalue weighted by molar-refractivity contribution is -0.137. The van der Waals surface area contributed by atoms with Crippen molar-refractivity contribution in [2.45, 2.75) is 25.9 Å². The first-order valence-electron chi connectivity index (χ1n) is 10.6. The van der Waals surface area contributed by atoms with E-state index in [0.29, 0.717) is 40.7 Å². The number of aryl methyl sites for hydroxylation is 1. The van der Waals surface area contributed by atoms with Crippen molar-refractivity contribution < 1.29 is 22.3 Å². The molecule has 0 saturated heterocycles. The van der Waals surface area contributed by atoms with Crippen molar-refractivity contribution >= 4 is 34.2 Å². The van der Waals surface area contributed by atoms with E-state index in [-0.39, 0.29) is 17.4 Å². The predicted octanol–water partition coefficient (Wildman–Crippen LogP) is 5.51. The molecule has 1 fully saturated rings. The van der Waals surface area contributed by atoms with Gasteiger partial charge < -0.3 is 19.8 Å². The highest BCUT2D eigenvalue weighted by Gasteiger charge is 2.32. The molecule has 176 valence electrons. The van der Waals surface area contributed by atoms with Crippen LogP contribution in [-0.2, 0) is 6.18 Å². The van der Waals surface area contributed by atoms with Crippen LogP contribution >= 0.6 is 0 Å². The van der Waals surface area contributed by atoms with Gasteiger partial charge in [0.25, 0.3) is 0 Å². The minimum Gasteiger partial charge on any atom is -0.493 e. The van der Waals surface area contributed by atoms with Crippen LogP contribution in [0.25, 0.3) is 11.1 Å². The number of hydrogen-bond acceptors (Lipinski definition) is 7. The van der Waals surface area contributed by atoms with Gasteiger partial charge in [0, 0.05) is 29.2 Å². The molecule has 1 aliphatic carbocycles. The molecule has 0 unspecified atom stereocenters. The van der Waals surface area contributed by atoms with Gasteiger partial charge in [-0.05, 0) is 56.0 Å². The third-order valence-electron chi connectivity index (χ3n) is 5.33. The number of ether oxygens (including phenoxy) is 1. The molecule has 0 spiro atoms. The Labute approximate surface area is 191 Å². The molecule has 0 atom stereocenters. The van der Waals surface area contributed by atoms with Crippen molar-refractivity contribution in [2.24, 2.45) is 5.92 Å². The number of halogens is 3. The van der Waals surface area contributed by atoms with Gasteiger partial charge in [-0.3, -0.25) is 4.98 Å². The van der Waals surface area contributed by atoms with E-state index in [1.165, 1.54) is 6.07 Å². The molecule has 0 aliphatic heterocycles. The molecule has 4 aromatic rings. The lowest BCUT2D eigenvalue weighted by Gasteiger charge is -2.15. The summed E-state index contributed by atoms with van der Waals surface area (Å²) < 4.78 is 50.8. The van der Waals surface area contributed by atoms with E-state index in [2.05, 4.69) is 25.6 Å². The molecule has 8 nitrogen and oxygen atoms in total. The molecule has 34 heavy (non-hydrogen) atoms. The molecule has 2 heterocycles. The Balaban J connectivity index is 1.40. The Morgan fingerprint density at radius 1 is 1.15 bits per heavy atom. The summed E-state index contributed by atoms with van der Waals surface area (Å²) in [5.41, 5.74) is 1.62. The number of alkyl halides is 3. The Morgan fingerprint density at radius 2 is 1.97 bits per heavy atom. The smallest absolute Gasteiger partial charge is 0.417 e. The number of benzene rings is 2. The average molecular weight is 471 g/mol. The summed E-state index contributed by atoms with van der Waals surface area (Å²) in [7, 11) is 0. The van der Waals surface area contributed by atoms with Crippen molar-refractivity contribution in [3.63, 3.8) is 0 Å². The largest absolute Gasteiger partial charge is 0.493 e. The Morgan fingerprint density at radius 3 is 2.74 bits per heavy atom. The number of aromatic nitrogens is 3. The van der Waals surface area contributed by atoms with Gasteiger partial charge in [-0.15, -0.1) is 0 Å². The number of oxazole rings is 1. The molecule has 0 radical (unpaired) electrons. The number of nitrogens with zero attached hydrogens (tertiary/aromatic N) is 2. The van der Waals surface area contributed by atoms with Crippen molar-refractivity contribution in [3.05, 3.63) is 64.3 Å². The molecule has 5 rings (SSSR count). The summed E-state index contributed by atoms with van der Waals surface area (Å²) in [4.78, 5) is 22.5. The maximum Gasteiger partial charge on any atom is 0.417 e. The Bertz CT molecular complexity index is 1410. The first-order valence-corrected chi connectivity index (χ1v) is 10.6. The fourth-order valence-corrected chi connectivity index (χ4v) is 3.34. The van der Waals surface area contributed by atoms with E-state index >= 15 is 0 Å². The summed E-state index contributed by atoms with van der Waals surface area (Å²) in [5, 5.41) is 5.97. The highest BCUT2D eigenvalue weighted by molar-refractivity contribution is 5.78. The lowest BCUT2D eigenvalue weighted by Crippen LogP contribution is -2.08. The third-order valence-corrected chi connectivity index (χ3v) is 5.33. The first kappa shape index (κ1) is 21.8. The molecule has 11 heteroatoms. The van der Waals surface area contributed by atoms with Gasteiger partial charge in [-0.25, -0.2) is 9.78 Å². The number of fused-ring (bicyclic) bond motifs is 1. The Hall–Kier alpha value is -4.02. The second-order valence-electron chi connectivity index (χ2n) is 8.20. The van der Waals surface area contributed by atoms with E-state index < -0.39 is 17.5 Å². The van der Waals surface area contributed by atoms with Gasteiger partial charge in [-0.2, -0.15) is 18.2 Å². The van der Waals surface area contributed by atoms with E-state index in [9.17, 15) is 18.0 Å². The van der Waals surface area contributed by atoms with Gasteiger partial charge in [0.05, 0.1) is 17.7 Å². The van der Waals surface area contributed by atoms with Crippen molar-refractivity contribution in [2.75, 3.05) is 17.2 Å². The molecule has 0 amide bonds. The second-order valence-corrected chi connectivity index (χ2v) is 8.20. The number of H-pyrrole nitrogens is 1. The molecular formula is C23H20F3N5O3. The summed E-state index contributed by atoms with van der Waals surface area (Å²) in [6.07, 6.45) is -0.918. The minimum atomic E-state index is -4.52. The van der Waals surface area contributed by atoms with Crippen molar-refractivity contribution in [1.82, 2.24) is 15.0 Å². The van der Waals surface area contributed by atoms with E-state index in [0.717, 1.165) is 25.0 Å². The zero-order chi connectivity index (χ0) is 23.9. The fraction of sp³-hybridized carbons (Fsp3) is 0.261. The standard InChI is InChI=1S/C23H20F3N5O3/c1-12-10-27-21(31-20(12)28-15-4-5-19-18(9-15)30-22(32)34-19)29-16-6-14(23(24,25)26)7-17(8-16)33-11-13-2-3-13/h4-10,13H,2-3,11H2,1H3,(H,30,32)(H2,27,28,29,31). The average Bonchev–Trinajstić information content (AvgIpc) is 3.53. The topological polar surface area (TPSA) is 105 Å². The number of rotatable bonds is 7. The van der Waals surface area contributed by atoms with Crippen molar-refractivity contribution in [3.8, 4) is 5.75 Å². The van der Waals surface area contributed by atoms with Crippen LogP contribution in [0.3, 0.4) is 0 Å². The van der Waals surface area contributed by atoms with Crippen LogP contribution in [0, 0.1) is 12.8 Å². The zero-order valence-electron chi connectivity index (χ0n) is 18.0. The first-order chi connectivity index (χ1) is 16.2. The van der Waals surface area contributed by atoms with Crippen LogP contribution in [-0.4, -0.2) is 21.6 Å². The van der Waals surface area contributed by atoms with E-state index in [1.807, 2.05) is 0 Å². The van der Waals surface area contributed by atoms with E-state index in [1.54, 1.807) is 31.3 Å². The quantitative estimate of drug-likeness (QED) is 0.326. The van der Waals surface area contributed by atoms with Gasteiger partial charge in [0.2, 0.25) is 5.95 Å². The summed E-state index contributed by atoms with van der Waals surface area (Å²) in [5.74, 6) is 0.535. The normalized spacial score (nSPS) is 13.8. The van der Waals surface area contributed by atoms with Crippen LogP contribution in [0.4, 0.5) is 36.3 Å². The fourth-order valence-electron chi connectivity index (χ4n) is 3.34. The summed E-state index contributed by atoms with van der Waals surface area (Å²) in [6.45, 7) is 2.18. The Kier molecular flexibility index (Phi) is 5.39. The molecule has 2 aromatic heterocycles. The van der Waals surface area contributed by atoms with Gasteiger partial charge in [0.1, 0.15) is 11.6 Å². The van der Waals surface area contributed by atoms with Crippen LogP contribution in [0.1, 0.15) is 24.0 Å². The molecular weight excluding hydrogens is 451 g/mol. The second kappa shape index (κ2) is 8.40. The predicted molar refractivity (Wildman–Crippen MR) is 120 cm³/mol. The number of aromatic amines is 1. The van der Waals surface area contributed by atoms with Crippen LogP contribution in [0.5, 0.6) is 5.75 Å². The zero-order valence-corrected chi connectivity index (χ0v) is 18.0. The number of hydrogen-bond donors (Lipinski definition) is 3. The van der Waals surface area contributed by atoms with Crippen LogP contribution in [0.2, 0.25) is 0 Å². The van der Waals surface area contributed by atoms with E-state index in [4.69, 9.17) is 9.15 Å². The summed E-state index contributed by atoms with van der Waals surface area (Å²) in [6, 6.07) is 8.51. The minimum absolute atomic E-state index is 0.110. The summed E-state index contributed by atoms with van der Waals surface area (Å²) >= 11 is 0. The van der Waals surface area contributed by atoms with Crippen LogP contribution in [0.15, 0.2) is 51.8 Å². The highest BCUT2D eigenvalue weighted by Crippen LogP contribution is 2.36. The maximum atomic E-state index is 13.4. The molecule has 0 bridgehead atoms. The van der Waals surface area contributed by atoms with Gasteiger partial charge in [0.15, 0.2) is 5.58 Å². The monoisotopic (exact) mass is 471 g/mol. The number of nitrogens with one attached hydrogen (secondary N) is 3. The van der Waals surface area contributed by atoms with Crippen molar-refractivity contribution in [1.29, 1.82) is 0 Å². The lowest BCUT2D eigenvalue weighted by atomic mass is 10.2. The molecule has 1 aliphatic rings. The number of anilines is 4. The molecule has 2 aromatic carbocycles. The SMILES string of the molecule is Cc1cnc(Nc2cc(OCC3CC3)cc(C(F)(F)F)c2)nc1Nc1ccc2oc(=O)[nH]c2c1. The highest BCUT2D eigenvalue weighted by atomic mass is 19.4. The van der Waals surface area contributed by atoms with Gasteiger partial charge in [-0.1, -0.05) is 0 Å².